The summed E-state index contributed by atoms with van der Waals surface area (Å²) in [5.74, 6) is 1.54. The van der Waals surface area contributed by atoms with Gasteiger partial charge in [-0.25, -0.2) is 0 Å². The predicted octanol–water partition coefficient (Wildman–Crippen LogP) is 1.98. The molecular formula is C13H24N2O. The molecule has 2 rings (SSSR count). The standard InChI is InChI=1S/C13H24N2O/c1-9(2)8-15-12(11-6-4-5-7-11)14-10(3)13(15)16/h9-12,14H,4-8H2,1-3H3. The van der Waals surface area contributed by atoms with E-state index in [4.69, 9.17) is 0 Å². The molecule has 3 heteroatoms. The molecule has 2 fully saturated rings. The van der Waals surface area contributed by atoms with E-state index in [0.717, 1.165) is 6.54 Å². The van der Waals surface area contributed by atoms with Gasteiger partial charge in [-0.05, 0) is 31.6 Å². The number of carbonyl (C=O) groups excluding carboxylic acids is 1. The van der Waals surface area contributed by atoms with Crippen LogP contribution in [0.5, 0.6) is 0 Å². The van der Waals surface area contributed by atoms with Gasteiger partial charge in [0.1, 0.15) is 0 Å². The lowest BCUT2D eigenvalue weighted by atomic mass is 10.0. The van der Waals surface area contributed by atoms with Crippen LogP contribution in [-0.2, 0) is 4.79 Å². The maximum Gasteiger partial charge on any atom is 0.240 e. The fraction of sp³-hybridized carbons (Fsp3) is 0.923. The number of hydrogen-bond donors (Lipinski definition) is 1. The number of carbonyl (C=O) groups is 1. The molecule has 0 aromatic carbocycles. The smallest absolute Gasteiger partial charge is 0.240 e. The summed E-state index contributed by atoms with van der Waals surface area (Å²) in [6.07, 6.45) is 5.55. The molecule has 1 amide bonds. The van der Waals surface area contributed by atoms with Crippen LogP contribution in [0.2, 0.25) is 0 Å². The van der Waals surface area contributed by atoms with Crippen LogP contribution in [0.25, 0.3) is 0 Å². The van der Waals surface area contributed by atoms with Crippen molar-refractivity contribution in [3.05, 3.63) is 0 Å². The third kappa shape index (κ3) is 2.24. The van der Waals surface area contributed by atoms with Gasteiger partial charge in [-0.3, -0.25) is 10.1 Å². The maximum atomic E-state index is 12.1. The number of nitrogens with zero attached hydrogens (tertiary/aromatic N) is 1. The Morgan fingerprint density at radius 3 is 2.56 bits per heavy atom. The molecule has 16 heavy (non-hydrogen) atoms. The lowest BCUT2D eigenvalue weighted by Crippen LogP contribution is -2.44. The summed E-state index contributed by atoms with van der Waals surface area (Å²) in [6, 6.07) is 0.0179. The molecule has 2 unspecified atom stereocenters. The zero-order valence-electron chi connectivity index (χ0n) is 10.7. The summed E-state index contributed by atoms with van der Waals surface area (Å²) < 4.78 is 0. The van der Waals surface area contributed by atoms with Gasteiger partial charge >= 0.3 is 0 Å². The second kappa shape index (κ2) is 4.74. The number of rotatable bonds is 3. The molecule has 0 aromatic rings. The Morgan fingerprint density at radius 2 is 2.00 bits per heavy atom. The van der Waals surface area contributed by atoms with E-state index in [1.807, 2.05) is 6.92 Å². The van der Waals surface area contributed by atoms with Gasteiger partial charge in [0.15, 0.2) is 0 Å². The van der Waals surface area contributed by atoms with E-state index >= 15 is 0 Å². The molecule has 1 aliphatic carbocycles. The molecular weight excluding hydrogens is 200 g/mol. The van der Waals surface area contributed by atoms with Crippen molar-refractivity contribution >= 4 is 5.91 Å². The highest BCUT2D eigenvalue weighted by Crippen LogP contribution is 2.32. The Kier molecular flexibility index (Phi) is 3.53. The number of nitrogens with one attached hydrogen (secondary N) is 1. The molecule has 1 aliphatic heterocycles. The summed E-state index contributed by atoms with van der Waals surface area (Å²) >= 11 is 0. The van der Waals surface area contributed by atoms with Gasteiger partial charge in [-0.2, -0.15) is 0 Å². The van der Waals surface area contributed by atoms with Crippen molar-refractivity contribution in [1.29, 1.82) is 0 Å². The number of amides is 1. The van der Waals surface area contributed by atoms with Crippen molar-refractivity contribution < 1.29 is 4.79 Å². The van der Waals surface area contributed by atoms with Crippen molar-refractivity contribution in [3.8, 4) is 0 Å². The van der Waals surface area contributed by atoms with Crippen molar-refractivity contribution in [2.45, 2.75) is 58.7 Å². The van der Waals surface area contributed by atoms with Crippen LogP contribution in [0.1, 0.15) is 46.5 Å². The first-order chi connectivity index (χ1) is 7.59. The van der Waals surface area contributed by atoms with E-state index in [-0.39, 0.29) is 6.04 Å². The van der Waals surface area contributed by atoms with Gasteiger partial charge < -0.3 is 4.90 Å². The van der Waals surface area contributed by atoms with E-state index < -0.39 is 0 Å². The van der Waals surface area contributed by atoms with Crippen LogP contribution in [0.4, 0.5) is 0 Å². The number of hydrogen-bond acceptors (Lipinski definition) is 2. The van der Waals surface area contributed by atoms with Gasteiger partial charge in [0.2, 0.25) is 5.91 Å². The van der Waals surface area contributed by atoms with Gasteiger partial charge in [0, 0.05) is 6.54 Å². The first-order valence-corrected chi connectivity index (χ1v) is 6.66. The van der Waals surface area contributed by atoms with Crippen LogP contribution >= 0.6 is 0 Å². The Morgan fingerprint density at radius 1 is 1.38 bits per heavy atom. The molecule has 0 radical (unpaired) electrons. The quantitative estimate of drug-likeness (QED) is 0.795. The van der Waals surface area contributed by atoms with Crippen LogP contribution in [-0.4, -0.2) is 29.6 Å². The summed E-state index contributed by atoms with van der Waals surface area (Å²) in [4.78, 5) is 14.2. The second-order valence-electron chi connectivity index (χ2n) is 5.76. The molecule has 1 heterocycles. The summed E-state index contributed by atoms with van der Waals surface area (Å²) in [5.41, 5.74) is 0. The Bertz CT molecular complexity index is 259. The first-order valence-electron chi connectivity index (χ1n) is 6.66. The van der Waals surface area contributed by atoms with E-state index in [1.165, 1.54) is 25.7 Å². The lowest BCUT2D eigenvalue weighted by molar-refractivity contribution is -0.130. The van der Waals surface area contributed by atoms with Crippen molar-refractivity contribution in [2.24, 2.45) is 11.8 Å². The second-order valence-corrected chi connectivity index (χ2v) is 5.76. The minimum absolute atomic E-state index is 0.0179. The highest BCUT2D eigenvalue weighted by molar-refractivity contribution is 5.83. The summed E-state index contributed by atoms with van der Waals surface area (Å²) in [5, 5.41) is 3.48. The van der Waals surface area contributed by atoms with Crippen molar-refractivity contribution in [3.63, 3.8) is 0 Å². The minimum atomic E-state index is 0.0179. The first kappa shape index (κ1) is 11.9. The molecule has 2 aliphatic rings. The fourth-order valence-corrected chi connectivity index (χ4v) is 3.06. The normalized spacial score (nSPS) is 32.0. The molecule has 3 nitrogen and oxygen atoms in total. The third-order valence-electron chi connectivity index (χ3n) is 3.82. The average molecular weight is 224 g/mol. The maximum absolute atomic E-state index is 12.1. The van der Waals surface area contributed by atoms with E-state index in [0.29, 0.717) is 23.9 Å². The van der Waals surface area contributed by atoms with Crippen LogP contribution in [0.15, 0.2) is 0 Å². The van der Waals surface area contributed by atoms with Gasteiger partial charge in [0.25, 0.3) is 0 Å². The molecule has 0 aromatic heterocycles. The Labute approximate surface area is 98.6 Å². The minimum Gasteiger partial charge on any atom is -0.325 e. The molecule has 92 valence electrons. The highest BCUT2D eigenvalue weighted by atomic mass is 16.2. The summed E-state index contributed by atoms with van der Waals surface area (Å²) in [7, 11) is 0. The Balaban J connectivity index is 2.06. The van der Waals surface area contributed by atoms with Crippen molar-refractivity contribution in [1.82, 2.24) is 10.2 Å². The largest absolute Gasteiger partial charge is 0.325 e. The van der Waals surface area contributed by atoms with E-state index in [1.54, 1.807) is 0 Å². The monoisotopic (exact) mass is 224 g/mol. The van der Waals surface area contributed by atoms with Crippen molar-refractivity contribution in [2.75, 3.05) is 6.54 Å². The zero-order chi connectivity index (χ0) is 11.7. The van der Waals surface area contributed by atoms with Gasteiger partial charge in [-0.15, -0.1) is 0 Å². The van der Waals surface area contributed by atoms with Gasteiger partial charge in [-0.1, -0.05) is 26.7 Å². The van der Waals surface area contributed by atoms with Crippen LogP contribution in [0.3, 0.4) is 0 Å². The fourth-order valence-electron chi connectivity index (χ4n) is 3.06. The van der Waals surface area contributed by atoms with E-state index in [2.05, 4.69) is 24.1 Å². The zero-order valence-corrected chi connectivity index (χ0v) is 10.7. The topological polar surface area (TPSA) is 32.3 Å². The Hall–Kier alpha value is -0.570. The average Bonchev–Trinajstić information content (AvgIpc) is 2.81. The summed E-state index contributed by atoms with van der Waals surface area (Å²) in [6.45, 7) is 7.26. The molecule has 1 saturated carbocycles. The molecule has 2 atom stereocenters. The van der Waals surface area contributed by atoms with Crippen LogP contribution in [0, 0.1) is 11.8 Å². The third-order valence-corrected chi connectivity index (χ3v) is 3.82. The molecule has 0 bridgehead atoms. The van der Waals surface area contributed by atoms with E-state index in [9.17, 15) is 4.79 Å². The SMILES string of the molecule is CC(C)CN1C(=O)C(C)NC1C1CCCC1. The highest BCUT2D eigenvalue weighted by Gasteiger charge is 2.41. The van der Waals surface area contributed by atoms with Crippen LogP contribution < -0.4 is 5.32 Å². The predicted molar refractivity (Wildman–Crippen MR) is 64.9 cm³/mol. The van der Waals surface area contributed by atoms with Gasteiger partial charge in [0.05, 0.1) is 12.2 Å². The molecule has 1 N–H and O–H groups in total. The molecule has 1 saturated heterocycles. The molecule has 0 spiro atoms. The lowest BCUT2D eigenvalue weighted by Gasteiger charge is -2.30.